The highest BCUT2D eigenvalue weighted by Crippen LogP contribution is 2.27. The van der Waals surface area contributed by atoms with Crippen LogP contribution in [0.5, 0.6) is 0 Å². The van der Waals surface area contributed by atoms with Crippen LogP contribution in [-0.2, 0) is 23.8 Å². The van der Waals surface area contributed by atoms with Crippen LogP contribution >= 0.6 is 0 Å². The number of hydrogen-bond donors (Lipinski definition) is 0. The van der Waals surface area contributed by atoms with E-state index in [0.29, 0.717) is 13.0 Å². The van der Waals surface area contributed by atoms with E-state index in [1.54, 1.807) is 24.3 Å². The van der Waals surface area contributed by atoms with Crippen LogP contribution in [0.4, 0.5) is 0 Å². The van der Waals surface area contributed by atoms with Crippen LogP contribution in [0.3, 0.4) is 0 Å². The van der Waals surface area contributed by atoms with Crippen molar-refractivity contribution < 1.29 is 22.1 Å². The van der Waals surface area contributed by atoms with Crippen LogP contribution in [0.2, 0.25) is 0 Å². The van der Waals surface area contributed by atoms with Gasteiger partial charge in [0.1, 0.15) is 0 Å². The number of benzene rings is 1. The topological polar surface area (TPSA) is 61.8 Å². The van der Waals surface area contributed by atoms with Crippen molar-refractivity contribution in [2.75, 3.05) is 13.2 Å². The first-order chi connectivity index (χ1) is 11.1. The average molecular weight is 359 g/mol. The van der Waals surface area contributed by atoms with Gasteiger partial charge in [-0.3, -0.25) is 4.18 Å². The Morgan fingerprint density at radius 3 is 2.21 bits per heavy atom. The van der Waals surface area contributed by atoms with Gasteiger partial charge in [0, 0.05) is 6.61 Å². The minimum absolute atomic E-state index is 0.0665. The fraction of sp³-hybridized carbons (Fsp3) is 0.667. The molecule has 5 nitrogen and oxygen atoms in total. The predicted octanol–water partition coefficient (Wildman–Crippen LogP) is 3.90. The number of ether oxygens (including phenoxy) is 2. The van der Waals surface area contributed by atoms with E-state index in [4.69, 9.17) is 13.7 Å². The Hall–Kier alpha value is -0.950. The molecule has 0 aliphatic carbocycles. The molecule has 0 aliphatic rings. The molecule has 0 saturated heterocycles. The van der Waals surface area contributed by atoms with Crippen molar-refractivity contribution in [2.24, 2.45) is 5.41 Å². The van der Waals surface area contributed by atoms with Crippen LogP contribution in [0.25, 0.3) is 0 Å². The van der Waals surface area contributed by atoms with Crippen molar-refractivity contribution in [3.63, 3.8) is 0 Å². The van der Waals surface area contributed by atoms with Gasteiger partial charge in [-0.25, -0.2) is 0 Å². The van der Waals surface area contributed by atoms with Crippen molar-refractivity contribution >= 4 is 10.1 Å². The van der Waals surface area contributed by atoms with E-state index in [-0.39, 0.29) is 29.3 Å². The largest absolute Gasteiger partial charge is 0.353 e. The molecule has 0 aliphatic heterocycles. The van der Waals surface area contributed by atoms with Crippen molar-refractivity contribution in [3.05, 3.63) is 29.8 Å². The van der Waals surface area contributed by atoms with E-state index in [1.807, 2.05) is 41.5 Å². The van der Waals surface area contributed by atoms with Crippen LogP contribution in [0.15, 0.2) is 29.2 Å². The second-order valence-electron chi connectivity index (χ2n) is 6.89. The van der Waals surface area contributed by atoms with Crippen molar-refractivity contribution in [1.29, 1.82) is 0 Å². The number of hydrogen-bond acceptors (Lipinski definition) is 5. The third-order valence-corrected chi connectivity index (χ3v) is 4.98. The predicted molar refractivity (Wildman–Crippen MR) is 94.3 cm³/mol. The van der Waals surface area contributed by atoms with Gasteiger partial charge < -0.3 is 9.47 Å². The van der Waals surface area contributed by atoms with E-state index in [1.165, 1.54) is 0 Å². The summed E-state index contributed by atoms with van der Waals surface area (Å²) in [6.07, 6.45) is -0.0494. The standard InChI is InChI=1S/C18H30O5S/c1-7-21-15(3)23-17(18(4,5)6)12-13-22-24(19,20)16-10-8-14(2)9-11-16/h8-11,15,17H,7,12-13H2,1-6H3. The maximum atomic E-state index is 12.2. The highest BCUT2D eigenvalue weighted by atomic mass is 32.2. The summed E-state index contributed by atoms with van der Waals surface area (Å²) in [7, 11) is -3.74. The molecule has 24 heavy (non-hydrogen) atoms. The molecule has 0 saturated carbocycles. The van der Waals surface area contributed by atoms with E-state index >= 15 is 0 Å². The Bertz CT molecular complexity index is 587. The molecule has 0 heterocycles. The van der Waals surface area contributed by atoms with Crippen molar-refractivity contribution in [1.82, 2.24) is 0 Å². The first-order valence-corrected chi connectivity index (χ1v) is 9.70. The highest BCUT2D eigenvalue weighted by molar-refractivity contribution is 7.86. The Morgan fingerprint density at radius 2 is 1.71 bits per heavy atom. The fourth-order valence-corrected chi connectivity index (χ4v) is 3.17. The summed E-state index contributed by atoms with van der Waals surface area (Å²) in [6, 6.07) is 6.61. The summed E-state index contributed by atoms with van der Waals surface area (Å²) in [5.41, 5.74) is 0.850. The van der Waals surface area contributed by atoms with E-state index in [9.17, 15) is 8.42 Å². The van der Waals surface area contributed by atoms with Crippen LogP contribution in [0.1, 0.15) is 46.6 Å². The van der Waals surface area contributed by atoms with Crippen molar-refractivity contribution in [3.8, 4) is 0 Å². The van der Waals surface area contributed by atoms with Gasteiger partial charge in [-0.15, -0.1) is 0 Å². The van der Waals surface area contributed by atoms with Gasteiger partial charge in [0.2, 0.25) is 0 Å². The molecule has 2 atom stereocenters. The van der Waals surface area contributed by atoms with E-state index in [0.717, 1.165) is 5.56 Å². The molecule has 0 fully saturated rings. The average Bonchev–Trinajstić information content (AvgIpc) is 2.46. The summed E-state index contributed by atoms with van der Waals surface area (Å²) in [6.45, 7) is 12.4. The molecule has 0 radical (unpaired) electrons. The number of rotatable bonds is 9. The SMILES string of the molecule is CCOC(C)OC(CCOS(=O)(=O)c1ccc(C)cc1)C(C)(C)C. The molecule has 1 rings (SSSR count). The van der Waals surface area contributed by atoms with Gasteiger partial charge in [0.05, 0.1) is 17.6 Å². The molecule has 1 aromatic rings. The lowest BCUT2D eigenvalue weighted by Gasteiger charge is -2.32. The normalized spacial score (nSPS) is 15.2. The molecule has 0 aromatic heterocycles. The summed E-state index contributed by atoms with van der Waals surface area (Å²) in [4.78, 5) is 0.170. The second-order valence-corrected chi connectivity index (χ2v) is 8.51. The summed E-state index contributed by atoms with van der Waals surface area (Å²) in [5, 5.41) is 0. The lowest BCUT2D eigenvalue weighted by atomic mass is 9.87. The van der Waals surface area contributed by atoms with Gasteiger partial charge in [-0.05, 0) is 44.7 Å². The minimum Gasteiger partial charge on any atom is -0.353 e. The van der Waals surface area contributed by atoms with Gasteiger partial charge in [-0.2, -0.15) is 8.42 Å². The van der Waals surface area contributed by atoms with Crippen LogP contribution in [-0.4, -0.2) is 34.0 Å². The molecule has 0 spiro atoms. The van der Waals surface area contributed by atoms with Gasteiger partial charge in [0.25, 0.3) is 10.1 Å². The third kappa shape index (κ3) is 6.89. The molecular formula is C18H30O5S. The monoisotopic (exact) mass is 358 g/mol. The molecule has 1 aromatic carbocycles. The molecule has 138 valence electrons. The zero-order valence-corrected chi connectivity index (χ0v) is 16.4. The smallest absolute Gasteiger partial charge is 0.296 e. The Labute approximate surface area is 146 Å². The zero-order chi connectivity index (χ0) is 18.4. The maximum absolute atomic E-state index is 12.2. The number of aryl methyl sites for hydroxylation is 1. The highest BCUT2D eigenvalue weighted by Gasteiger charge is 2.28. The van der Waals surface area contributed by atoms with Gasteiger partial charge >= 0.3 is 0 Å². The Balaban J connectivity index is 2.65. The zero-order valence-electron chi connectivity index (χ0n) is 15.5. The van der Waals surface area contributed by atoms with E-state index < -0.39 is 10.1 Å². The van der Waals surface area contributed by atoms with Crippen LogP contribution in [0, 0.1) is 12.3 Å². The molecule has 2 unspecified atom stereocenters. The summed E-state index contributed by atoms with van der Waals surface area (Å²) < 4.78 is 40.9. The summed E-state index contributed by atoms with van der Waals surface area (Å²) >= 11 is 0. The maximum Gasteiger partial charge on any atom is 0.296 e. The Morgan fingerprint density at radius 1 is 1.12 bits per heavy atom. The molecule has 0 amide bonds. The van der Waals surface area contributed by atoms with E-state index in [2.05, 4.69) is 0 Å². The lowest BCUT2D eigenvalue weighted by Crippen LogP contribution is -2.34. The second kappa shape index (κ2) is 8.94. The quantitative estimate of drug-likeness (QED) is 0.495. The third-order valence-electron chi connectivity index (χ3n) is 3.65. The Kier molecular flexibility index (Phi) is 7.86. The lowest BCUT2D eigenvalue weighted by molar-refractivity contribution is -0.183. The van der Waals surface area contributed by atoms with Crippen LogP contribution < -0.4 is 0 Å². The fourth-order valence-electron chi connectivity index (χ4n) is 2.25. The first-order valence-electron chi connectivity index (χ1n) is 8.29. The van der Waals surface area contributed by atoms with Gasteiger partial charge in [0.15, 0.2) is 6.29 Å². The molecule has 0 bridgehead atoms. The van der Waals surface area contributed by atoms with Gasteiger partial charge in [-0.1, -0.05) is 38.5 Å². The van der Waals surface area contributed by atoms with Crippen molar-refractivity contribution in [2.45, 2.75) is 65.3 Å². The summed E-state index contributed by atoms with van der Waals surface area (Å²) in [5.74, 6) is 0. The molecule has 0 N–H and O–H groups in total. The minimum atomic E-state index is -3.74. The first kappa shape index (κ1) is 21.1. The molecule has 6 heteroatoms. The molecular weight excluding hydrogens is 328 g/mol.